The van der Waals surface area contributed by atoms with Gasteiger partial charge in [0.15, 0.2) is 0 Å². The molecule has 2 saturated carbocycles. The maximum atomic E-state index is 13.3. The summed E-state index contributed by atoms with van der Waals surface area (Å²) in [6, 6.07) is 13.6. The fourth-order valence-electron chi connectivity index (χ4n) is 8.35. The molecule has 2 aromatic rings. The van der Waals surface area contributed by atoms with Crippen molar-refractivity contribution in [3.8, 4) is 0 Å². The lowest BCUT2D eigenvalue weighted by atomic mass is 9.71. The number of rotatable bonds is 5. The Morgan fingerprint density at radius 2 is 1.77 bits per heavy atom. The maximum Gasteiger partial charge on any atom is 0.416 e. The lowest BCUT2D eigenvalue weighted by Gasteiger charge is -2.42. The molecule has 3 aliphatic carbocycles. The number of amides is 1. The molecule has 0 radical (unpaired) electrons. The summed E-state index contributed by atoms with van der Waals surface area (Å²) in [4.78, 5) is 17.2. The normalized spacial score (nSPS) is 30.2. The number of carbonyl (C=O) groups is 1. The molecule has 5 atom stereocenters. The SMILES string of the molecule is C[C@@H]1C2C3=CC(N4CCN(S(=O)(=O)c5cccc(C(F)(F)F)c5)CC4)=CC(C3)[C@@H]3CCN(C(=O)OCc4ccccc4)C213. The first-order valence-electron chi connectivity index (χ1n) is 14.8. The number of fused-ring (bicyclic) bond motifs is 4. The Kier molecular flexibility index (Phi) is 6.70. The van der Waals surface area contributed by atoms with Gasteiger partial charge >= 0.3 is 12.3 Å². The van der Waals surface area contributed by atoms with Crippen molar-refractivity contribution in [2.24, 2.45) is 23.7 Å². The molecule has 1 amide bonds. The minimum Gasteiger partial charge on any atom is -0.445 e. The van der Waals surface area contributed by atoms with E-state index in [1.807, 2.05) is 35.2 Å². The smallest absolute Gasteiger partial charge is 0.416 e. The van der Waals surface area contributed by atoms with Crippen LogP contribution in [0.4, 0.5) is 18.0 Å². The van der Waals surface area contributed by atoms with Crippen molar-refractivity contribution < 1.29 is 31.1 Å². The number of carbonyl (C=O) groups excluding carboxylic acids is 1. The van der Waals surface area contributed by atoms with Crippen LogP contribution >= 0.6 is 0 Å². The highest BCUT2D eigenvalue weighted by Crippen LogP contribution is 2.72. The summed E-state index contributed by atoms with van der Waals surface area (Å²) >= 11 is 0. The van der Waals surface area contributed by atoms with E-state index in [4.69, 9.17) is 4.74 Å². The highest BCUT2D eigenvalue weighted by molar-refractivity contribution is 7.89. The number of allylic oxidation sites excluding steroid dienone is 2. The van der Waals surface area contributed by atoms with Crippen molar-refractivity contribution >= 4 is 16.1 Å². The van der Waals surface area contributed by atoms with Crippen LogP contribution in [0.25, 0.3) is 0 Å². The van der Waals surface area contributed by atoms with Crippen molar-refractivity contribution in [3.05, 3.63) is 89.1 Å². The third-order valence-corrected chi connectivity index (χ3v) is 12.2. The summed E-state index contributed by atoms with van der Waals surface area (Å²) < 4.78 is 73.0. The second-order valence-electron chi connectivity index (χ2n) is 12.3. The number of ether oxygens (including phenoxy) is 1. The number of halogens is 3. The van der Waals surface area contributed by atoms with E-state index in [2.05, 4.69) is 24.0 Å². The summed E-state index contributed by atoms with van der Waals surface area (Å²) in [6.07, 6.45) is 1.56. The Morgan fingerprint density at radius 3 is 2.49 bits per heavy atom. The van der Waals surface area contributed by atoms with Crippen LogP contribution < -0.4 is 0 Å². The Bertz CT molecular complexity index is 1600. The Balaban J connectivity index is 1.04. The van der Waals surface area contributed by atoms with Crippen LogP contribution in [-0.4, -0.2) is 66.9 Å². The molecule has 2 saturated heterocycles. The van der Waals surface area contributed by atoms with Crippen molar-refractivity contribution in [3.63, 3.8) is 0 Å². The van der Waals surface area contributed by atoms with Gasteiger partial charge in [0.25, 0.3) is 0 Å². The lowest BCUT2D eigenvalue weighted by Crippen LogP contribution is -2.49. The van der Waals surface area contributed by atoms with Gasteiger partial charge < -0.3 is 14.5 Å². The average molecular weight is 614 g/mol. The minimum atomic E-state index is -4.61. The van der Waals surface area contributed by atoms with Crippen LogP contribution in [0, 0.1) is 23.7 Å². The lowest BCUT2D eigenvalue weighted by molar-refractivity contribution is -0.137. The van der Waals surface area contributed by atoms with Crippen molar-refractivity contribution in [2.45, 2.75) is 43.0 Å². The molecule has 2 aromatic carbocycles. The predicted octanol–water partition coefficient (Wildman–Crippen LogP) is 5.52. The van der Waals surface area contributed by atoms with Gasteiger partial charge in [0.2, 0.25) is 10.0 Å². The molecular formula is C32H34F3N3O4S. The second kappa shape index (κ2) is 10.1. The third kappa shape index (κ3) is 4.58. The van der Waals surface area contributed by atoms with Gasteiger partial charge in [0.05, 0.1) is 16.0 Å². The molecule has 5 aliphatic rings. The zero-order chi connectivity index (χ0) is 30.1. The quantitative estimate of drug-likeness (QED) is 0.445. The first-order valence-corrected chi connectivity index (χ1v) is 16.3. The molecule has 43 heavy (non-hydrogen) atoms. The molecule has 0 aromatic heterocycles. The highest BCUT2D eigenvalue weighted by Gasteiger charge is 2.76. The molecule has 4 fully saturated rings. The Hall–Kier alpha value is -3.31. The fraction of sp³-hybridized carbons (Fsp3) is 0.469. The van der Waals surface area contributed by atoms with Gasteiger partial charge in [-0.1, -0.05) is 55.0 Å². The fourth-order valence-corrected chi connectivity index (χ4v) is 9.82. The summed E-state index contributed by atoms with van der Waals surface area (Å²) in [5, 5.41) is 0. The molecule has 2 bridgehead atoms. The highest BCUT2D eigenvalue weighted by atomic mass is 32.2. The molecule has 7 rings (SSSR count). The number of likely N-dealkylation sites (tertiary alicyclic amines) is 1. The molecule has 2 aliphatic heterocycles. The summed E-state index contributed by atoms with van der Waals surface area (Å²) in [7, 11) is -4.05. The first kappa shape index (κ1) is 28.5. The maximum absolute atomic E-state index is 13.3. The zero-order valence-corrected chi connectivity index (χ0v) is 24.7. The van der Waals surface area contributed by atoms with Crippen molar-refractivity contribution in [1.82, 2.24) is 14.1 Å². The number of nitrogens with zero attached hydrogens (tertiary/aromatic N) is 3. The van der Waals surface area contributed by atoms with E-state index in [1.54, 1.807) is 0 Å². The van der Waals surface area contributed by atoms with E-state index in [0.29, 0.717) is 37.5 Å². The predicted molar refractivity (Wildman–Crippen MR) is 153 cm³/mol. The van der Waals surface area contributed by atoms with Gasteiger partial charge in [-0.3, -0.25) is 0 Å². The van der Waals surface area contributed by atoms with Crippen LogP contribution in [0.15, 0.2) is 82.9 Å². The van der Waals surface area contributed by atoms with Crippen LogP contribution in [0.3, 0.4) is 0 Å². The summed E-state index contributed by atoms with van der Waals surface area (Å²) in [5.74, 6) is 1.25. The number of piperazine rings is 1. The first-order chi connectivity index (χ1) is 20.5. The summed E-state index contributed by atoms with van der Waals surface area (Å²) in [5.41, 5.74) is 2.21. The molecular weight excluding hydrogens is 579 g/mol. The summed E-state index contributed by atoms with van der Waals surface area (Å²) in [6.45, 7) is 4.46. The number of hydrogen-bond donors (Lipinski definition) is 0. The molecule has 0 N–H and O–H groups in total. The Morgan fingerprint density at radius 1 is 1.02 bits per heavy atom. The van der Waals surface area contributed by atoms with E-state index in [9.17, 15) is 26.4 Å². The van der Waals surface area contributed by atoms with Crippen LogP contribution in [0.2, 0.25) is 0 Å². The number of hydrogen-bond acceptors (Lipinski definition) is 5. The van der Waals surface area contributed by atoms with Gasteiger partial charge in [-0.25, -0.2) is 13.2 Å². The van der Waals surface area contributed by atoms with E-state index in [-0.39, 0.29) is 48.1 Å². The molecule has 3 unspecified atom stereocenters. The van der Waals surface area contributed by atoms with Crippen LogP contribution in [0.1, 0.15) is 30.9 Å². The van der Waals surface area contributed by atoms with Crippen molar-refractivity contribution in [2.75, 3.05) is 32.7 Å². The molecule has 1 spiro atoms. The number of alkyl halides is 3. The van der Waals surface area contributed by atoms with Gasteiger partial charge in [0, 0.05) is 44.3 Å². The standard InChI is InChI=1S/C32H34F3N3O4S/c1-21-29-24-16-23(28-10-11-38(31(21,28)29)30(39)42-20-22-6-3-2-4-7-22)17-26(18-24)36-12-14-37(15-13-36)43(40,41)27-9-5-8-25(19-27)32(33,34)35/h2-9,17-19,21,23,28-29H,10-16,20H2,1H3/t21-,23?,28+,29?,31?/m1/s1. The van der Waals surface area contributed by atoms with E-state index < -0.39 is 21.8 Å². The van der Waals surface area contributed by atoms with Crippen LogP contribution in [-0.2, 0) is 27.5 Å². The van der Waals surface area contributed by atoms with Gasteiger partial charge in [-0.05, 0) is 60.4 Å². The van der Waals surface area contributed by atoms with Crippen LogP contribution in [0.5, 0.6) is 0 Å². The minimum absolute atomic E-state index is 0.192. The van der Waals surface area contributed by atoms with Gasteiger partial charge in [0.1, 0.15) is 6.61 Å². The average Bonchev–Trinajstić information content (AvgIpc) is 3.41. The third-order valence-electron chi connectivity index (χ3n) is 10.3. The van der Waals surface area contributed by atoms with E-state index in [1.165, 1.54) is 15.9 Å². The van der Waals surface area contributed by atoms with E-state index >= 15 is 0 Å². The van der Waals surface area contributed by atoms with E-state index in [0.717, 1.165) is 36.2 Å². The second-order valence-corrected chi connectivity index (χ2v) is 14.3. The number of benzene rings is 2. The largest absolute Gasteiger partial charge is 0.445 e. The molecule has 7 nitrogen and oxygen atoms in total. The number of sulfonamides is 1. The topological polar surface area (TPSA) is 70.2 Å². The molecule has 228 valence electrons. The monoisotopic (exact) mass is 613 g/mol. The Labute approximate surface area is 249 Å². The molecule has 11 heteroatoms. The van der Waals surface area contributed by atoms with Gasteiger partial charge in [-0.2, -0.15) is 17.5 Å². The van der Waals surface area contributed by atoms with Crippen molar-refractivity contribution in [1.29, 1.82) is 0 Å². The molecule has 2 heterocycles. The van der Waals surface area contributed by atoms with Gasteiger partial charge in [-0.15, -0.1) is 0 Å². The zero-order valence-electron chi connectivity index (χ0n) is 23.8.